The van der Waals surface area contributed by atoms with Gasteiger partial charge in [-0.2, -0.15) is 0 Å². The Labute approximate surface area is 133 Å². The second kappa shape index (κ2) is 9.11. The highest BCUT2D eigenvalue weighted by Crippen LogP contribution is 2.16. The van der Waals surface area contributed by atoms with Crippen LogP contribution in [0.4, 0.5) is 5.69 Å². The molecule has 1 N–H and O–H groups in total. The van der Waals surface area contributed by atoms with Crippen LogP contribution in [-0.4, -0.2) is 31.1 Å². The zero-order chi connectivity index (χ0) is 15.6. The minimum absolute atomic E-state index is 0.735. The Morgan fingerprint density at radius 1 is 0.909 bits per heavy atom. The number of nitrogens with zero attached hydrogens (tertiary/aromatic N) is 1. The zero-order valence-corrected chi connectivity index (χ0v) is 13.6. The third-order valence-corrected chi connectivity index (χ3v) is 3.76. The molecular weight excluding hydrogens is 272 g/mol. The van der Waals surface area contributed by atoms with Crippen LogP contribution in [0.1, 0.15) is 19.4 Å². The third kappa shape index (κ3) is 5.41. The minimum atomic E-state index is 0.735. The van der Waals surface area contributed by atoms with Crippen LogP contribution in [0, 0.1) is 0 Å². The second-order valence-corrected chi connectivity index (χ2v) is 5.24. The molecule has 0 saturated carbocycles. The summed E-state index contributed by atoms with van der Waals surface area (Å²) in [7, 11) is 0. The van der Waals surface area contributed by atoms with Crippen LogP contribution in [-0.2, 0) is 6.54 Å². The first-order valence-corrected chi connectivity index (χ1v) is 8.04. The molecule has 0 spiro atoms. The fourth-order valence-electron chi connectivity index (χ4n) is 2.30. The number of hydrogen-bond donors (Lipinski definition) is 1. The molecule has 0 atom stereocenters. The van der Waals surface area contributed by atoms with Crippen molar-refractivity contribution < 1.29 is 4.74 Å². The van der Waals surface area contributed by atoms with Crippen LogP contribution in [0.2, 0.25) is 0 Å². The predicted molar refractivity (Wildman–Crippen MR) is 93.5 cm³/mol. The minimum Gasteiger partial charge on any atom is -0.492 e. The molecule has 2 aromatic carbocycles. The molecule has 0 radical (unpaired) electrons. The predicted octanol–water partition coefficient (Wildman–Crippen LogP) is 4.02. The van der Waals surface area contributed by atoms with Crippen LogP contribution < -0.4 is 10.1 Å². The third-order valence-electron chi connectivity index (χ3n) is 3.76. The van der Waals surface area contributed by atoms with E-state index in [1.54, 1.807) is 0 Å². The van der Waals surface area contributed by atoms with Crippen LogP contribution >= 0.6 is 0 Å². The fraction of sp³-hybridized carbons (Fsp3) is 0.368. The Morgan fingerprint density at radius 3 is 2.23 bits per heavy atom. The molecule has 0 bridgehead atoms. The number of nitrogens with one attached hydrogen (secondary N) is 1. The fourth-order valence-corrected chi connectivity index (χ4v) is 2.30. The summed E-state index contributed by atoms with van der Waals surface area (Å²) >= 11 is 0. The van der Waals surface area contributed by atoms with E-state index >= 15 is 0 Å². The van der Waals surface area contributed by atoms with E-state index in [0.717, 1.165) is 44.2 Å². The molecule has 118 valence electrons. The van der Waals surface area contributed by atoms with Crippen LogP contribution in [0.25, 0.3) is 0 Å². The SMILES string of the molecule is CCN(CC)CCOc1ccc(NCc2ccccc2)cc1. The van der Waals surface area contributed by atoms with Gasteiger partial charge in [-0.25, -0.2) is 0 Å². The van der Waals surface area contributed by atoms with E-state index in [9.17, 15) is 0 Å². The van der Waals surface area contributed by atoms with Gasteiger partial charge in [0.25, 0.3) is 0 Å². The maximum Gasteiger partial charge on any atom is 0.119 e. The standard InChI is InChI=1S/C19H26N2O/c1-3-21(4-2)14-15-22-19-12-10-18(11-13-19)20-16-17-8-6-5-7-9-17/h5-13,20H,3-4,14-16H2,1-2H3. The van der Waals surface area contributed by atoms with Gasteiger partial charge in [-0.05, 0) is 42.9 Å². The molecule has 0 aliphatic rings. The first-order valence-electron chi connectivity index (χ1n) is 8.04. The average Bonchev–Trinajstić information content (AvgIpc) is 2.59. The molecule has 0 heterocycles. The zero-order valence-electron chi connectivity index (χ0n) is 13.6. The van der Waals surface area contributed by atoms with Crippen molar-refractivity contribution in [2.45, 2.75) is 20.4 Å². The molecule has 0 amide bonds. The maximum atomic E-state index is 5.79. The summed E-state index contributed by atoms with van der Waals surface area (Å²) in [6.45, 7) is 9.04. The number of hydrogen-bond acceptors (Lipinski definition) is 3. The lowest BCUT2D eigenvalue weighted by Gasteiger charge is -2.18. The van der Waals surface area contributed by atoms with Gasteiger partial charge in [0.2, 0.25) is 0 Å². The first-order chi connectivity index (χ1) is 10.8. The molecule has 0 unspecified atom stereocenters. The van der Waals surface area contributed by atoms with E-state index in [4.69, 9.17) is 4.74 Å². The lowest BCUT2D eigenvalue weighted by Crippen LogP contribution is -2.27. The van der Waals surface area contributed by atoms with Gasteiger partial charge in [0.15, 0.2) is 0 Å². The highest BCUT2D eigenvalue weighted by molar-refractivity contribution is 5.46. The van der Waals surface area contributed by atoms with E-state index in [0.29, 0.717) is 0 Å². The summed E-state index contributed by atoms with van der Waals surface area (Å²) in [6.07, 6.45) is 0. The monoisotopic (exact) mass is 298 g/mol. The van der Waals surface area contributed by atoms with Gasteiger partial charge in [-0.3, -0.25) is 0 Å². The van der Waals surface area contributed by atoms with Crippen molar-refractivity contribution in [3.8, 4) is 5.75 Å². The van der Waals surface area contributed by atoms with Crippen molar-refractivity contribution in [3.63, 3.8) is 0 Å². The molecule has 2 aromatic rings. The molecule has 0 fully saturated rings. The molecular formula is C19H26N2O. The van der Waals surface area contributed by atoms with Crippen molar-refractivity contribution in [2.24, 2.45) is 0 Å². The topological polar surface area (TPSA) is 24.5 Å². The van der Waals surface area contributed by atoms with E-state index in [-0.39, 0.29) is 0 Å². The van der Waals surface area contributed by atoms with Gasteiger partial charge in [0.1, 0.15) is 12.4 Å². The van der Waals surface area contributed by atoms with E-state index < -0.39 is 0 Å². The molecule has 0 aromatic heterocycles. The molecule has 2 rings (SSSR count). The average molecular weight is 298 g/mol. The Bertz CT molecular complexity index is 521. The van der Waals surface area contributed by atoms with Gasteiger partial charge < -0.3 is 15.0 Å². The number of rotatable bonds is 9. The van der Waals surface area contributed by atoms with Crippen LogP contribution in [0.3, 0.4) is 0 Å². The van der Waals surface area contributed by atoms with Crippen molar-refractivity contribution in [3.05, 3.63) is 60.2 Å². The largest absolute Gasteiger partial charge is 0.492 e. The summed E-state index contributed by atoms with van der Waals surface area (Å²) < 4.78 is 5.79. The first kappa shape index (κ1) is 16.4. The van der Waals surface area contributed by atoms with Gasteiger partial charge >= 0.3 is 0 Å². The number of ether oxygens (including phenoxy) is 1. The number of likely N-dealkylation sites (N-methyl/N-ethyl adjacent to an activating group) is 1. The summed E-state index contributed by atoms with van der Waals surface area (Å²) in [4.78, 5) is 2.36. The summed E-state index contributed by atoms with van der Waals surface area (Å²) in [5, 5.41) is 3.42. The number of anilines is 1. The maximum absolute atomic E-state index is 5.79. The lowest BCUT2D eigenvalue weighted by molar-refractivity contribution is 0.223. The number of benzene rings is 2. The van der Waals surface area contributed by atoms with Crippen molar-refractivity contribution in [1.82, 2.24) is 4.90 Å². The Hall–Kier alpha value is -2.00. The molecule has 0 saturated heterocycles. The molecule has 3 heteroatoms. The smallest absolute Gasteiger partial charge is 0.119 e. The molecule has 22 heavy (non-hydrogen) atoms. The quantitative estimate of drug-likeness (QED) is 0.757. The van der Waals surface area contributed by atoms with Crippen molar-refractivity contribution in [2.75, 3.05) is 31.6 Å². The second-order valence-electron chi connectivity index (χ2n) is 5.24. The van der Waals surface area contributed by atoms with Crippen molar-refractivity contribution >= 4 is 5.69 Å². The normalized spacial score (nSPS) is 10.7. The summed E-state index contributed by atoms with van der Waals surface area (Å²) in [6, 6.07) is 18.6. The van der Waals surface area contributed by atoms with Crippen molar-refractivity contribution in [1.29, 1.82) is 0 Å². The highest BCUT2D eigenvalue weighted by atomic mass is 16.5. The van der Waals surface area contributed by atoms with Gasteiger partial charge in [-0.15, -0.1) is 0 Å². The molecule has 0 aliphatic heterocycles. The summed E-state index contributed by atoms with van der Waals surface area (Å²) in [5.41, 5.74) is 2.39. The lowest BCUT2D eigenvalue weighted by atomic mass is 10.2. The Morgan fingerprint density at radius 2 is 1.59 bits per heavy atom. The molecule has 3 nitrogen and oxygen atoms in total. The highest BCUT2D eigenvalue weighted by Gasteiger charge is 2.00. The van der Waals surface area contributed by atoms with Gasteiger partial charge in [-0.1, -0.05) is 44.2 Å². The Balaban J connectivity index is 1.75. The Kier molecular flexibility index (Phi) is 6.78. The van der Waals surface area contributed by atoms with Gasteiger partial charge in [0.05, 0.1) is 0 Å². The van der Waals surface area contributed by atoms with Gasteiger partial charge in [0, 0.05) is 18.8 Å². The van der Waals surface area contributed by atoms with Crippen LogP contribution in [0.5, 0.6) is 5.75 Å². The van der Waals surface area contributed by atoms with E-state index in [2.05, 4.69) is 60.5 Å². The van der Waals surface area contributed by atoms with E-state index in [1.807, 2.05) is 18.2 Å². The van der Waals surface area contributed by atoms with E-state index in [1.165, 1.54) is 5.56 Å². The molecule has 0 aliphatic carbocycles. The summed E-state index contributed by atoms with van der Waals surface area (Å²) in [5.74, 6) is 0.928. The van der Waals surface area contributed by atoms with Crippen LogP contribution in [0.15, 0.2) is 54.6 Å².